The number of carbonyl (C=O) groups excluding carboxylic acids is 1. The Balaban J connectivity index is 2.42. The molecule has 0 N–H and O–H groups in total. The highest BCUT2D eigenvalue weighted by molar-refractivity contribution is 7.99. The maximum Gasteiger partial charge on any atom is 0.151 e. The molecule has 18 heavy (non-hydrogen) atoms. The molecule has 2 heteroatoms. The minimum Gasteiger partial charge on any atom is -0.298 e. The Morgan fingerprint density at radius 1 is 1.22 bits per heavy atom. The van der Waals surface area contributed by atoms with Gasteiger partial charge in [0.1, 0.15) is 0 Å². The number of aryl methyl sites for hydroxylation is 1. The third-order valence-electron chi connectivity index (χ3n) is 3.05. The minimum absolute atomic E-state index is 0.841. The predicted molar refractivity (Wildman–Crippen MR) is 79.7 cm³/mol. The molecule has 2 aromatic rings. The number of rotatable bonds is 5. The smallest absolute Gasteiger partial charge is 0.151 e. The fraction of sp³-hybridized carbons (Fsp3) is 0.312. The SMILES string of the molecule is CCCCSc1ccc2cc(C)ccc2c1C=O. The van der Waals surface area contributed by atoms with Crippen molar-refractivity contribution in [3.05, 3.63) is 41.5 Å². The number of unbranched alkanes of at least 4 members (excludes halogenated alkanes) is 1. The van der Waals surface area contributed by atoms with Crippen LogP contribution in [0.4, 0.5) is 0 Å². The van der Waals surface area contributed by atoms with Crippen molar-refractivity contribution in [3.8, 4) is 0 Å². The summed E-state index contributed by atoms with van der Waals surface area (Å²) in [5.74, 6) is 1.08. The Hall–Kier alpha value is -1.28. The highest BCUT2D eigenvalue weighted by atomic mass is 32.2. The molecule has 0 saturated heterocycles. The van der Waals surface area contributed by atoms with E-state index in [1.165, 1.54) is 18.4 Å². The van der Waals surface area contributed by atoms with Crippen LogP contribution in [0.1, 0.15) is 35.7 Å². The van der Waals surface area contributed by atoms with Crippen LogP contribution < -0.4 is 0 Å². The summed E-state index contributed by atoms with van der Waals surface area (Å²) in [7, 11) is 0. The lowest BCUT2D eigenvalue weighted by Gasteiger charge is -2.08. The normalized spacial score (nSPS) is 10.8. The van der Waals surface area contributed by atoms with Crippen LogP contribution in [0.3, 0.4) is 0 Å². The Morgan fingerprint density at radius 3 is 2.78 bits per heavy atom. The summed E-state index contributed by atoms with van der Waals surface area (Å²) >= 11 is 1.78. The summed E-state index contributed by atoms with van der Waals surface area (Å²) in [6.07, 6.45) is 3.37. The lowest BCUT2D eigenvalue weighted by molar-refractivity contribution is 0.112. The maximum absolute atomic E-state index is 11.3. The van der Waals surface area contributed by atoms with Crippen molar-refractivity contribution in [1.82, 2.24) is 0 Å². The van der Waals surface area contributed by atoms with E-state index in [0.717, 1.165) is 33.3 Å². The van der Waals surface area contributed by atoms with Crippen LogP contribution in [0.15, 0.2) is 35.2 Å². The molecule has 0 saturated carbocycles. The van der Waals surface area contributed by atoms with E-state index in [2.05, 4.69) is 44.2 Å². The van der Waals surface area contributed by atoms with Gasteiger partial charge in [-0.2, -0.15) is 0 Å². The summed E-state index contributed by atoms with van der Waals surface area (Å²) < 4.78 is 0. The second-order valence-electron chi connectivity index (χ2n) is 4.52. The third-order valence-corrected chi connectivity index (χ3v) is 4.21. The van der Waals surface area contributed by atoms with E-state index >= 15 is 0 Å². The van der Waals surface area contributed by atoms with E-state index < -0.39 is 0 Å². The molecule has 0 bridgehead atoms. The lowest BCUT2D eigenvalue weighted by atomic mass is 10.0. The molecular formula is C16H18OS. The number of aldehydes is 1. The summed E-state index contributed by atoms with van der Waals surface area (Å²) in [6, 6.07) is 10.4. The number of fused-ring (bicyclic) bond motifs is 1. The Labute approximate surface area is 113 Å². The van der Waals surface area contributed by atoms with E-state index in [9.17, 15) is 4.79 Å². The Morgan fingerprint density at radius 2 is 2.06 bits per heavy atom. The van der Waals surface area contributed by atoms with E-state index in [1.807, 2.05) is 0 Å². The van der Waals surface area contributed by atoms with Gasteiger partial charge in [0.05, 0.1) is 0 Å². The topological polar surface area (TPSA) is 17.1 Å². The zero-order chi connectivity index (χ0) is 13.0. The molecule has 0 atom stereocenters. The van der Waals surface area contributed by atoms with Gasteiger partial charge in [-0.3, -0.25) is 4.79 Å². The molecule has 2 rings (SSSR count). The van der Waals surface area contributed by atoms with Crippen molar-refractivity contribution < 1.29 is 4.79 Å². The second-order valence-corrected chi connectivity index (χ2v) is 5.66. The molecule has 0 amide bonds. The average molecular weight is 258 g/mol. The zero-order valence-electron chi connectivity index (χ0n) is 10.9. The molecule has 0 spiro atoms. The second kappa shape index (κ2) is 6.05. The molecule has 0 radical (unpaired) electrons. The van der Waals surface area contributed by atoms with Crippen molar-refractivity contribution in [2.24, 2.45) is 0 Å². The van der Waals surface area contributed by atoms with Crippen molar-refractivity contribution in [1.29, 1.82) is 0 Å². The molecule has 0 aliphatic heterocycles. The third kappa shape index (κ3) is 2.75. The minimum atomic E-state index is 0.841. The average Bonchev–Trinajstić information content (AvgIpc) is 2.38. The quantitative estimate of drug-likeness (QED) is 0.433. The molecule has 0 aliphatic rings. The monoisotopic (exact) mass is 258 g/mol. The van der Waals surface area contributed by atoms with Crippen molar-refractivity contribution in [2.75, 3.05) is 5.75 Å². The van der Waals surface area contributed by atoms with Gasteiger partial charge in [0.15, 0.2) is 6.29 Å². The van der Waals surface area contributed by atoms with Crippen molar-refractivity contribution >= 4 is 28.8 Å². The van der Waals surface area contributed by atoms with Gasteiger partial charge in [0.2, 0.25) is 0 Å². The van der Waals surface area contributed by atoms with Gasteiger partial charge in [-0.05, 0) is 35.9 Å². The summed E-state index contributed by atoms with van der Waals surface area (Å²) in [6.45, 7) is 4.26. The fourth-order valence-electron chi connectivity index (χ4n) is 2.03. The molecule has 2 aromatic carbocycles. The first-order valence-corrected chi connectivity index (χ1v) is 7.36. The maximum atomic E-state index is 11.3. The molecule has 0 aliphatic carbocycles. The van der Waals surface area contributed by atoms with Crippen LogP contribution in [0.2, 0.25) is 0 Å². The number of thioether (sulfide) groups is 1. The van der Waals surface area contributed by atoms with E-state index in [0.29, 0.717) is 0 Å². The van der Waals surface area contributed by atoms with Crippen LogP contribution in [0, 0.1) is 6.92 Å². The number of hydrogen-bond acceptors (Lipinski definition) is 2. The van der Waals surface area contributed by atoms with Crippen molar-refractivity contribution in [2.45, 2.75) is 31.6 Å². The first-order valence-electron chi connectivity index (χ1n) is 6.37. The van der Waals surface area contributed by atoms with Gasteiger partial charge in [-0.1, -0.05) is 43.2 Å². The van der Waals surface area contributed by atoms with Crippen LogP contribution in [0.25, 0.3) is 10.8 Å². The largest absolute Gasteiger partial charge is 0.298 e. The van der Waals surface area contributed by atoms with E-state index in [1.54, 1.807) is 11.8 Å². The molecule has 0 fully saturated rings. The predicted octanol–water partition coefficient (Wildman–Crippen LogP) is 4.85. The standard InChI is InChI=1S/C16H18OS/c1-3-4-9-18-16-8-6-13-10-12(2)5-7-14(13)15(16)11-17/h5-8,10-11H,3-4,9H2,1-2H3. The molecule has 1 nitrogen and oxygen atoms in total. The number of benzene rings is 2. The Kier molecular flexibility index (Phi) is 4.43. The van der Waals surface area contributed by atoms with Gasteiger partial charge in [0.25, 0.3) is 0 Å². The highest BCUT2D eigenvalue weighted by Crippen LogP contribution is 2.29. The van der Waals surface area contributed by atoms with Crippen molar-refractivity contribution in [3.63, 3.8) is 0 Å². The molecule has 0 heterocycles. The van der Waals surface area contributed by atoms with Crippen LogP contribution in [0.5, 0.6) is 0 Å². The molecule has 0 unspecified atom stereocenters. The summed E-state index contributed by atoms with van der Waals surface area (Å²) in [5, 5.41) is 2.22. The summed E-state index contributed by atoms with van der Waals surface area (Å²) in [4.78, 5) is 12.5. The molecule has 0 aromatic heterocycles. The highest BCUT2D eigenvalue weighted by Gasteiger charge is 2.07. The van der Waals surface area contributed by atoms with Crippen LogP contribution in [-0.2, 0) is 0 Å². The van der Waals surface area contributed by atoms with Gasteiger partial charge < -0.3 is 0 Å². The van der Waals surface area contributed by atoms with Crippen LogP contribution in [-0.4, -0.2) is 12.0 Å². The van der Waals surface area contributed by atoms with Gasteiger partial charge in [0, 0.05) is 10.5 Å². The van der Waals surface area contributed by atoms with E-state index in [4.69, 9.17) is 0 Å². The first kappa shape index (κ1) is 13.2. The number of hydrogen-bond donors (Lipinski definition) is 0. The first-order chi connectivity index (χ1) is 8.76. The number of carbonyl (C=O) groups is 1. The summed E-state index contributed by atoms with van der Waals surface area (Å²) in [5.41, 5.74) is 2.07. The zero-order valence-corrected chi connectivity index (χ0v) is 11.7. The van der Waals surface area contributed by atoms with Gasteiger partial charge in [-0.25, -0.2) is 0 Å². The fourth-order valence-corrected chi connectivity index (χ4v) is 3.16. The molecular weight excluding hydrogens is 240 g/mol. The lowest BCUT2D eigenvalue weighted by Crippen LogP contribution is -1.90. The van der Waals surface area contributed by atoms with Gasteiger partial charge in [-0.15, -0.1) is 11.8 Å². The van der Waals surface area contributed by atoms with E-state index in [-0.39, 0.29) is 0 Å². The Bertz CT molecular complexity index is 560. The molecule has 94 valence electrons. The van der Waals surface area contributed by atoms with Crippen LogP contribution >= 0.6 is 11.8 Å². The van der Waals surface area contributed by atoms with Gasteiger partial charge >= 0.3 is 0 Å².